The SMILES string of the molecule is CCOC(=O)/C(C)=C/c1ccc(O)cc1. The number of benzene rings is 1. The number of carbonyl (C=O) groups excluding carboxylic acids is 1. The van der Waals surface area contributed by atoms with Gasteiger partial charge >= 0.3 is 5.97 Å². The molecule has 1 rings (SSSR count). The average Bonchev–Trinajstić information content (AvgIpc) is 2.22. The van der Waals surface area contributed by atoms with Gasteiger partial charge in [0.25, 0.3) is 0 Å². The average molecular weight is 206 g/mol. The van der Waals surface area contributed by atoms with Crippen LogP contribution in [0.3, 0.4) is 0 Å². The first-order valence-corrected chi connectivity index (χ1v) is 4.78. The van der Waals surface area contributed by atoms with Crippen LogP contribution in [0.15, 0.2) is 29.8 Å². The molecule has 0 saturated carbocycles. The Morgan fingerprint density at radius 1 is 1.40 bits per heavy atom. The van der Waals surface area contributed by atoms with Gasteiger partial charge < -0.3 is 9.84 Å². The van der Waals surface area contributed by atoms with E-state index in [1.165, 1.54) is 0 Å². The van der Waals surface area contributed by atoms with Crippen molar-refractivity contribution >= 4 is 12.0 Å². The Morgan fingerprint density at radius 2 is 2.00 bits per heavy atom. The summed E-state index contributed by atoms with van der Waals surface area (Å²) in [7, 11) is 0. The van der Waals surface area contributed by atoms with Crippen molar-refractivity contribution in [2.45, 2.75) is 13.8 Å². The zero-order valence-corrected chi connectivity index (χ0v) is 8.86. The summed E-state index contributed by atoms with van der Waals surface area (Å²) in [6.07, 6.45) is 1.72. The van der Waals surface area contributed by atoms with E-state index in [-0.39, 0.29) is 11.7 Å². The van der Waals surface area contributed by atoms with Crippen LogP contribution in [0.4, 0.5) is 0 Å². The zero-order valence-electron chi connectivity index (χ0n) is 8.86. The molecule has 0 spiro atoms. The van der Waals surface area contributed by atoms with Crippen LogP contribution in [0.1, 0.15) is 19.4 Å². The molecule has 0 unspecified atom stereocenters. The maximum Gasteiger partial charge on any atom is 0.333 e. The van der Waals surface area contributed by atoms with Crippen molar-refractivity contribution < 1.29 is 14.6 Å². The van der Waals surface area contributed by atoms with E-state index in [1.54, 1.807) is 44.2 Å². The summed E-state index contributed by atoms with van der Waals surface area (Å²) < 4.78 is 4.84. The van der Waals surface area contributed by atoms with Gasteiger partial charge in [-0.05, 0) is 37.6 Å². The first-order valence-electron chi connectivity index (χ1n) is 4.78. The number of rotatable bonds is 3. The number of hydrogen-bond donors (Lipinski definition) is 1. The summed E-state index contributed by atoms with van der Waals surface area (Å²) >= 11 is 0. The van der Waals surface area contributed by atoms with Crippen molar-refractivity contribution in [3.63, 3.8) is 0 Å². The van der Waals surface area contributed by atoms with Crippen molar-refractivity contribution in [2.24, 2.45) is 0 Å². The van der Waals surface area contributed by atoms with Gasteiger partial charge in [0.05, 0.1) is 6.61 Å². The number of ether oxygens (including phenoxy) is 1. The van der Waals surface area contributed by atoms with E-state index in [4.69, 9.17) is 9.84 Å². The Hall–Kier alpha value is -1.77. The molecular weight excluding hydrogens is 192 g/mol. The van der Waals surface area contributed by atoms with E-state index in [2.05, 4.69) is 0 Å². The standard InChI is InChI=1S/C12H14O3/c1-3-15-12(14)9(2)8-10-4-6-11(13)7-5-10/h4-8,13H,3H2,1-2H3/b9-8+. The zero-order chi connectivity index (χ0) is 11.3. The van der Waals surface area contributed by atoms with E-state index in [0.29, 0.717) is 12.2 Å². The van der Waals surface area contributed by atoms with E-state index in [9.17, 15) is 4.79 Å². The van der Waals surface area contributed by atoms with Crippen LogP contribution in [-0.2, 0) is 9.53 Å². The van der Waals surface area contributed by atoms with Gasteiger partial charge in [0.2, 0.25) is 0 Å². The third-order valence-electron chi connectivity index (χ3n) is 1.87. The highest BCUT2D eigenvalue weighted by Crippen LogP contribution is 2.13. The normalized spacial score (nSPS) is 11.2. The first kappa shape index (κ1) is 11.3. The van der Waals surface area contributed by atoms with Crippen molar-refractivity contribution in [1.29, 1.82) is 0 Å². The van der Waals surface area contributed by atoms with Crippen molar-refractivity contribution in [2.75, 3.05) is 6.61 Å². The Balaban J connectivity index is 2.78. The van der Waals surface area contributed by atoms with Gasteiger partial charge in [-0.2, -0.15) is 0 Å². The summed E-state index contributed by atoms with van der Waals surface area (Å²) in [5.41, 5.74) is 1.40. The molecular formula is C12H14O3. The summed E-state index contributed by atoms with van der Waals surface area (Å²) in [4.78, 5) is 11.3. The molecule has 0 heterocycles. The quantitative estimate of drug-likeness (QED) is 0.610. The van der Waals surface area contributed by atoms with Crippen LogP contribution in [0, 0.1) is 0 Å². The molecule has 15 heavy (non-hydrogen) atoms. The van der Waals surface area contributed by atoms with Crippen molar-refractivity contribution in [3.8, 4) is 5.75 Å². The number of esters is 1. The molecule has 0 radical (unpaired) electrons. The fourth-order valence-electron chi connectivity index (χ4n) is 1.12. The van der Waals surface area contributed by atoms with Gasteiger partial charge in [0, 0.05) is 5.57 Å². The molecule has 0 aliphatic heterocycles. The minimum Gasteiger partial charge on any atom is -0.508 e. The molecule has 0 bridgehead atoms. The summed E-state index contributed by atoms with van der Waals surface area (Å²) in [6.45, 7) is 3.84. The molecule has 0 fully saturated rings. The van der Waals surface area contributed by atoms with E-state index < -0.39 is 0 Å². The highest BCUT2D eigenvalue weighted by atomic mass is 16.5. The molecule has 3 heteroatoms. The molecule has 1 N–H and O–H groups in total. The molecule has 0 atom stereocenters. The van der Waals surface area contributed by atoms with Gasteiger partial charge in [0.15, 0.2) is 0 Å². The fourth-order valence-corrected chi connectivity index (χ4v) is 1.12. The lowest BCUT2D eigenvalue weighted by molar-refractivity contribution is -0.138. The van der Waals surface area contributed by atoms with Crippen LogP contribution in [0.25, 0.3) is 6.08 Å². The number of phenols is 1. The lowest BCUT2D eigenvalue weighted by atomic mass is 10.1. The molecule has 0 aliphatic rings. The summed E-state index contributed by atoms with van der Waals surface area (Å²) in [6, 6.07) is 6.62. The predicted molar refractivity (Wildman–Crippen MR) is 58.4 cm³/mol. The van der Waals surface area contributed by atoms with Gasteiger partial charge in [-0.25, -0.2) is 4.79 Å². The lowest BCUT2D eigenvalue weighted by Crippen LogP contribution is -2.04. The minimum atomic E-state index is -0.314. The third-order valence-corrected chi connectivity index (χ3v) is 1.87. The Bertz CT molecular complexity index is 363. The topological polar surface area (TPSA) is 46.5 Å². The summed E-state index contributed by atoms with van der Waals surface area (Å²) in [5, 5.41) is 9.07. The van der Waals surface area contributed by atoms with E-state index >= 15 is 0 Å². The highest BCUT2D eigenvalue weighted by Gasteiger charge is 2.03. The minimum absolute atomic E-state index is 0.209. The second-order valence-corrected chi connectivity index (χ2v) is 3.14. The molecule has 1 aromatic rings. The molecule has 3 nitrogen and oxygen atoms in total. The fraction of sp³-hybridized carbons (Fsp3) is 0.250. The van der Waals surface area contributed by atoms with Gasteiger partial charge in [0.1, 0.15) is 5.75 Å². The molecule has 0 aromatic heterocycles. The molecule has 0 amide bonds. The summed E-state index contributed by atoms with van der Waals surface area (Å²) in [5.74, 6) is -0.105. The lowest BCUT2D eigenvalue weighted by Gasteiger charge is -2.01. The Labute approximate surface area is 89.0 Å². The van der Waals surface area contributed by atoms with Crippen LogP contribution < -0.4 is 0 Å². The monoisotopic (exact) mass is 206 g/mol. The number of carbonyl (C=O) groups is 1. The second-order valence-electron chi connectivity index (χ2n) is 3.14. The van der Waals surface area contributed by atoms with Crippen LogP contribution in [-0.4, -0.2) is 17.7 Å². The van der Waals surface area contributed by atoms with Crippen molar-refractivity contribution in [1.82, 2.24) is 0 Å². The van der Waals surface area contributed by atoms with Gasteiger partial charge in [-0.3, -0.25) is 0 Å². The van der Waals surface area contributed by atoms with Gasteiger partial charge in [-0.1, -0.05) is 12.1 Å². The number of hydrogen-bond acceptors (Lipinski definition) is 3. The molecule has 80 valence electrons. The third kappa shape index (κ3) is 3.46. The van der Waals surface area contributed by atoms with Crippen LogP contribution in [0.2, 0.25) is 0 Å². The first-order chi connectivity index (χ1) is 7.13. The van der Waals surface area contributed by atoms with E-state index in [1.807, 2.05) is 0 Å². The number of phenolic OH excluding ortho intramolecular Hbond substituents is 1. The van der Waals surface area contributed by atoms with Gasteiger partial charge in [-0.15, -0.1) is 0 Å². The Kier molecular flexibility index (Phi) is 3.92. The maximum atomic E-state index is 11.3. The van der Waals surface area contributed by atoms with Crippen molar-refractivity contribution in [3.05, 3.63) is 35.4 Å². The maximum absolute atomic E-state index is 11.3. The number of aromatic hydroxyl groups is 1. The molecule has 1 aromatic carbocycles. The van der Waals surface area contributed by atoms with Crippen LogP contribution in [0.5, 0.6) is 5.75 Å². The Morgan fingerprint density at radius 3 is 2.53 bits per heavy atom. The van der Waals surface area contributed by atoms with E-state index in [0.717, 1.165) is 5.56 Å². The molecule has 0 saturated heterocycles. The second kappa shape index (κ2) is 5.20. The molecule has 0 aliphatic carbocycles. The largest absolute Gasteiger partial charge is 0.508 e. The predicted octanol–water partition coefficient (Wildman–Crippen LogP) is 2.36. The van der Waals surface area contributed by atoms with Crippen LogP contribution >= 0.6 is 0 Å². The smallest absolute Gasteiger partial charge is 0.333 e. The highest BCUT2D eigenvalue weighted by molar-refractivity contribution is 5.92.